The standard InChI is InChI=1S/C14H25N3/c1-5-7-16-12-8-13(10-15-9-12)17-14(6-2)11(3)4/h8-11,14,16-17H,5-7H2,1-4H3. The Balaban J connectivity index is 2.64. The van der Waals surface area contributed by atoms with E-state index in [2.05, 4.69) is 49.4 Å². The summed E-state index contributed by atoms with van der Waals surface area (Å²) in [5, 5.41) is 6.90. The first-order valence-corrected chi connectivity index (χ1v) is 6.62. The van der Waals surface area contributed by atoms with E-state index >= 15 is 0 Å². The lowest BCUT2D eigenvalue weighted by Crippen LogP contribution is -2.24. The number of nitrogens with zero attached hydrogens (tertiary/aromatic N) is 1. The number of hydrogen-bond donors (Lipinski definition) is 2. The summed E-state index contributed by atoms with van der Waals surface area (Å²) in [6.45, 7) is 9.85. The normalized spacial score (nSPS) is 12.5. The Morgan fingerprint density at radius 2 is 1.88 bits per heavy atom. The van der Waals surface area contributed by atoms with Gasteiger partial charge in [-0.05, 0) is 24.8 Å². The van der Waals surface area contributed by atoms with Crippen molar-refractivity contribution < 1.29 is 0 Å². The molecule has 1 unspecified atom stereocenters. The Morgan fingerprint density at radius 3 is 2.47 bits per heavy atom. The molecule has 0 aliphatic heterocycles. The van der Waals surface area contributed by atoms with Gasteiger partial charge < -0.3 is 10.6 Å². The summed E-state index contributed by atoms with van der Waals surface area (Å²) in [5.74, 6) is 0.632. The topological polar surface area (TPSA) is 37.0 Å². The molecule has 1 aromatic heterocycles. The molecule has 1 aromatic rings. The molecule has 1 atom stereocenters. The first-order chi connectivity index (χ1) is 8.17. The van der Waals surface area contributed by atoms with E-state index in [1.807, 2.05) is 12.4 Å². The molecule has 0 saturated carbocycles. The largest absolute Gasteiger partial charge is 0.384 e. The highest BCUT2D eigenvalue weighted by Gasteiger charge is 2.10. The summed E-state index contributed by atoms with van der Waals surface area (Å²) in [4.78, 5) is 4.26. The zero-order chi connectivity index (χ0) is 12.7. The molecule has 17 heavy (non-hydrogen) atoms. The van der Waals surface area contributed by atoms with E-state index in [4.69, 9.17) is 0 Å². The molecule has 0 radical (unpaired) electrons. The van der Waals surface area contributed by atoms with Gasteiger partial charge in [0.25, 0.3) is 0 Å². The van der Waals surface area contributed by atoms with Crippen LogP contribution < -0.4 is 10.6 Å². The van der Waals surface area contributed by atoms with Crippen LogP contribution in [0.25, 0.3) is 0 Å². The maximum Gasteiger partial charge on any atom is 0.0549 e. The molecule has 2 N–H and O–H groups in total. The van der Waals surface area contributed by atoms with Crippen LogP contribution in [0.2, 0.25) is 0 Å². The van der Waals surface area contributed by atoms with Crippen molar-refractivity contribution in [1.82, 2.24) is 4.98 Å². The molecule has 0 aliphatic carbocycles. The number of rotatable bonds is 7. The van der Waals surface area contributed by atoms with Gasteiger partial charge in [0.1, 0.15) is 0 Å². The molecule has 0 amide bonds. The number of pyridine rings is 1. The van der Waals surface area contributed by atoms with E-state index in [0.717, 1.165) is 30.8 Å². The van der Waals surface area contributed by atoms with Crippen molar-refractivity contribution in [3.63, 3.8) is 0 Å². The van der Waals surface area contributed by atoms with Crippen LogP contribution in [0, 0.1) is 5.92 Å². The fourth-order valence-corrected chi connectivity index (χ4v) is 1.84. The molecular weight excluding hydrogens is 210 g/mol. The van der Waals surface area contributed by atoms with Gasteiger partial charge in [0.2, 0.25) is 0 Å². The SMILES string of the molecule is CCCNc1cncc(NC(CC)C(C)C)c1. The van der Waals surface area contributed by atoms with Gasteiger partial charge in [-0.2, -0.15) is 0 Å². The van der Waals surface area contributed by atoms with Crippen LogP contribution in [0.1, 0.15) is 40.5 Å². The van der Waals surface area contributed by atoms with Crippen molar-refractivity contribution in [3.05, 3.63) is 18.5 Å². The molecule has 0 aliphatic rings. The third-order valence-electron chi connectivity index (χ3n) is 2.91. The van der Waals surface area contributed by atoms with Crippen molar-refractivity contribution in [3.8, 4) is 0 Å². The van der Waals surface area contributed by atoms with E-state index in [-0.39, 0.29) is 0 Å². The fraction of sp³-hybridized carbons (Fsp3) is 0.643. The third kappa shape index (κ3) is 4.63. The maximum absolute atomic E-state index is 4.26. The minimum absolute atomic E-state index is 0.512. The molecule has 0 aromatic carbocycles. The number of hydrogen-bond acceptors (Lipinski definition) is 3. The van der Waals surface area contributed by atoms with Gasteiger partial charge in [-0.15, -0.1) is 0 Å². The smallest absolute Gasteiger partial charge is 0.0549 e. The van der Waals surface area contributed by atoms with Crippen LogP contribution in [0.15, 0.2) is 18.5 Å². The van der Waals surface area contributed by atoms with Crippen LogP contribution >= 0.6 is 0 Å². The molecule has 0 bridgehead atoms. The van der Waals surface area contributed by atoms with Crippen LogP contribution in [0.5, 0.6) is 0 Å². The Hall–Kier alpha value is -1.25. The number of anilines is 2. The summed E-state index contributed by atoms with van der Waals surface area (Å²) in [7, 11) is 0. The molecule has 1 heterocycles. The second-order valence-corrected chi connectivity index (χ2v) is 4.79. The highest BCUT2D eigenvalue weighted by Crippen LogP contribution is 2.17. The minimum Gasteiger partial charge on any atom is -0.384 e. The lowest BCUT2D eigenvalue weighted by molar-refractivity contribution is 0.511. The predicted molar refractivity (Wildman–Crippen MR) is 75.6 cm³/mol. The van der Waals surface area contributed by atoms with Crippen LogP contribution in [0.3, 0.4) is 0 Å². The van der Waals surface area contributed by atoms with Gasteiger partial charge in [-0.3, -0.25) is 4.98 Å². The summed E-state index contributed by atoms with van der Waals surface area (Å²) in [5.41, 5.74) is 2.20. The summed E-state index contributed by atoms with van der Waals surface area (Å²) >= 11 is 0. The lowest BCUT2D eigenvalue weighted by Gasteiger charge is -2.22. The Bertz CT molecular complexity index is 323. The van der Waals surface area contributed by atoms with Crippen LogP contribution in [0.4, 0.5) is 11.4 Å². The maximum atomic E-state index is 4.26. The van der Waals surface area contributed by atoms with Gasteiger partial charge >= 0.3 is 0 Å². The zero-order valence-corrected chi connectivity index (χ0v) is 11.5. The highest BCUT2D eigenvalue weighted by atomic mass is 15.0. The summed E-state index contributed by atoms with van der Waals surface area (Å²) < 4.78 is 0. The van der Waals surface area contributed by atoms with Crippen molar-refractivity contribution in [1.29, 1.82) is 0 Å². The van der Waals surface area contributed by atoms with Crippen molar-refractivity contribution in [2.24, 2.45) is 5.92 Å². The van der Waals surface area contributed by atoms with Gasteiger partial charge in [-0.25, -0.2) is 0 Å². The first kappa shape index (κ1) is 13.8. The van der Waals surface area contributed by atoms with E-state index in [0.29, 0.717) is 12.0 Å². The van der Waals surface area contributed by atoms with Gasteiger partial charge in [-0.1, -0.05) is 27.7 Å². The van der Waals surface area contributed by atoms with Crippen LogP contribution in [-0.4, -0.2) is 17.6 Å². The Morgan fingerprint density at radius 1 is 1.18 bits per heavy atom. The predicted octanol–water partition coefficient (Wildman–Crippen LogP) is 3.75. The molecule has 0 spiro atoms. The van der Waals surface area contributed by atoms with Gasteiger partial charge in [0, 0.05) is 12.6 Å². The number of nitrogens with one attached hydrogen (secondary N) is 2. The van der Waals surface area contributed by atoms with Crippen molar-refractivity contribution in [2.75, 3.05) is 17.2 Å². The molecule has 3 nitrogen and oxygen atoms in total. The van der Waals surface area contributed by atoms with Gasteiger partial charge in [0.15, 0.2) is 0 Å². The monoisotopic (exact) mass is 235 g/mol. The van der Waals surface area contributed by atoms with Crippen molar-refractivity contribution >= 4 is 11.4 Å². The second kappa shape index (κ2) is 7.15. The van der Waals surface area contributed by atoms with E-state index in [1.165, 1.54) is 0 Å². The quantitative estimate of drug-likeness (QED) is 0.755. The number of aromatic nitrogens is 1. The molecular formula is C14H25N3. The van der Waals surface area contributed by atoms with E-state index in [1.54, 1.807) is 0 Å². The van der Waals surface area contributed by atoms with E-state index in [9.17, 15) is 0 Å². The molecule has 0 saturated heterocycles. The third-order valence-corrected chi connectivity index (χ3v) is 2.91. The van der Waals surface area contributed by atoms with Crippen molar-refractivity contribution in [2.45, 2.75) is 46.6 Å². The van der Waals surface area contributed by atoms with E-state index < -0.39 is 0 Å². The molecule has 96 valence electrons. The Kier molecular flexibility index (Phi) is 5.81. The lowest BCUT2D eigenvalue weighted by atomic mass is 10.0. The first-order valence-electron chi connectivity index (χ1n) is 6.62. The Labute approximate surface area is 105 Å². The molecule has 3 heteroatoms. The molecule has 0 fully saturated rings. The van der Waals surface area contributed by atoms with Gasteiger partial charge in [0.05, 0.1) is 23.8 Å². The average molecular weight is 235 g/mol. The molecule has 1 rings (SSSR count). The zero-order valence-electron chi connectivity index (χ0n) is 11.5. The average Bonchev–Trinajstić information content (AvgIpc) is 2.33. The summed E-state index contributed by atoms with van der Waals surface area (Å²) in [6, 6.07) is 2.64. The minimum atomic E-state index is 0.512. The fourth-order valence-electron chi connectivity index (χ4n) is 1.84. The highest BCUT2D eigenvalue weighted by molar-refractivity contribution is 5.54. The second-order valence-electron chi connectivity index (χ2n) is 4.79. The summed E-state index contributed by atoms with van der Waals surface area (Å²) in [6.07, 6.45) is 6.02. The van der Waals surface area contributed by atoms with Crippen LogP contribution in [-0.2, 0) is 0 Å².